The molecule has 1 unspecified atom stereocenters. The van der Waals surface area contributed by atoms with Crippen LogP contribution in [0.3, 0.4) is 0 Å². The van der Waals surface area contributed by atoms with Crippen molar-refractivity contribution in [1.82, 2.24) is 5.32 Å². The lowest BCUT2D eigenvalue weighted by atomic mass is 10.1. The predicted molar refractivity (Wildman–Crippen MR) is 67.3 cm³/mol. The fraction of sp³-hybridized carbons (Fsp3) is 0.462. The van der Waals surface area contributed by atoms with E-state index in [4.69, 9.17) is 10.8 Å². The number of aliphatic hydroxyl groups excluding tert-OH is 1. The molecule has 0 bridgehead atoms. The normalized spacial score (nSPS) is 14.1. The summed E-state index contributed by atoms with van der Waals surface area (Å²) in [4.78, 5) is 11.8. The summed E-state index contributed by atoms with van der Waals surface area (Å²) in [5.41, 5.74) is 6.66. The quantitative estimate of drug-likeness (QED) is 0.688. The average molecular weight is 236 g/mol. The molecule has 0 heterocycles. The van der Waals surface area contributed by atoms with Gasteiger partial charge in [0.25, 0.3) is 0 Å². The van der Waals surface area contributed by atoms with E-state index in [-0.39, 0.29) is 18.6 Å². The molecule has 0 saturated carbocycles. The van der Waals surface area contributed by atoms with E-state index in [1.807, 2.05) is 37.3 Å². The molecule has 4 nitrogen and oxygen atoms in total. The van der Waals surface area contributed by atoms with E-state index >= 15 is 0 Å². The molecular formula is C13H20N2O2. The summed E-state index contributed by atoms with van der Waals surface area (Å²) in [5.74, 6) is -0.179. The standard InChI is InChI=1S/C13H20N2O2/c1-10(6-5-9-16)15-13(17)12(14)11-7-3-2-4-8-11/h2-4,7-8,10,12,16H,5-6,9,14H2,1H3,(H,15,17)/t10?,12-/m0/s1. The molecule has 94 valence electrons. The Hall–Kier alpha value is -1.39. The summed E-state index contributed by atoms with van der Waals surface area (Å²) in [7, 11) is 0. The minimum atomic E-state index is -0.632. The smallest absolute Gasteiger partial charge is 0.241 e. The van der Waals surface area contributed by atoms with Gasteiger partial charge in [-0.05, 0) is 25.3 Å². The maximum Gasteiger partial charge on any atom is 0.241 e. The Morgan fingerprint density at radius 1 is 1.41 bits per heavy atom. The Balaban J connectivity index is 2.47. The SMILES string of the molecule is CC(CCCO)NC(=O)[C@@H](N)c1ccccc1. The first-order chi connectivity index (χ1) is 8.15. The zero-order chi connectivity index (χ0) is 12.7. The first-order valence-electron chi connectivity index (χ1n) is 5.87. The molecule has 0 aliphatic heterocycles. The van der Waals surface area contributed by atoms with Gasteiger partial charge in [0.1, 0.15) is 6.04 Å². The number of carbonyl (C=O) groups is 1. The highest BCUT2D eigenvalue weighted by Gasteiger charge is 2.16. The third kappa shape index (κ3) is 4.54. The lowest BCUT2D eigenvalue weighted by Crippen LogP contribution is -2.39. The van der Waals surface area contributed by atoms with Gasteiger partial charge in [0.2, 0.25) is 5.91 Å². The second-order valence-corrected chi connectivity index (χ2v) is 4.16. The van der Waals surface area contributed by atoms with Gasteiger partial charge in [0.15, 0.2) is 0 Å². The van der Waals surface area contributed by atoms with Crippen LogP contribution in [0.1, 0.15) is 31.4 Å². The van der Waals surface area contributed by atoms with Gasteiger partial charge in [-0.25, -0.2) is 0 Å². The van der Waals surface area contributed by atoms with Crippen LogP contribution in [-0.4, -0.2) is 23.7 Å². The van der Waals surface area contributed by atoms with E-state index in [1.54, 1.807) is 0 Å². The molecule has 17 heavy (non-hydrogen) atoms. The van der Waals surface area contributed by atoms with E-state index in [0.29, 0.717) is 6.42 Å². The second-order valence-electron chi connectivity index (χ2n) is 4.16. The first-order valence-corrected chi connectivity index (χ1v) is 5.87. The average Bonchev–Trinajstić information content (AvgIpc) is 2.36. The molecule has 0 spiro atoms. The number of hydrogen-bond acceptors (Lipinski definition) is 3. The Bertz CT molecular complexity index is 341. The number of nitrogens with two attached hydrogens (primary N) is 1. The van der Waals surface area contributed by atoms with Crippen LogP contribution >= 0.6 is 0 Å². The van der Waals surface area contributed by atoms with Crippen molar-refractivity contribution in [3.8, 4) is 0 Å². The molecule has 0 aliphatic rings. The van der Waals surface area contributed by atoms with Crippen LogP contribution in [0, 0.1) is 0 Å². The molecule has 0 fully saturated rings. The minimum Gasteiger partial charge on any atom is -0.396 e. The third-order valence-electron chi connectivity index (χ3n) is 2.63. The molecule has 1 rings (SSSR count). The van der Waals surface area contributed by atoms with Gasteiger partial charge in [-0.15, -0.1) is 0 Å². The summed E-state index contributed by atoms with van der Waals surface area (Å²) >= 11 is 0. The van der Waals surface area contributed by atoms with Crippen molar-refractivity contribution in [3.05, 3.63) is 35.9 Å². The largest absolute Gasteiger partial charge is 0.396 e. The number of benzene rings is 1. The van der Waals surface area contributed by atoms with Gasteiger partial charge in [0.05, 0.1) is 0 Å². The van der Waals surface area contributed by atoms with Crippen LogP contribution in [0.4, 0.5) is 0 Å². The third-order valence-corrected chi connectivity index (χ3v) is 2.63. The lowest BCUT2D eigenvalue weighted by molar-refractivity contribution is -0.123. The number of amides is 1. The number of aliphatic hydroxyl groups is 1. The minimum absolute atomic E-state index is 0.0319. The van der Waals surface area contributed by atoms with Gasteiger partial charge in [-0.3, -0.25) is 4.79 Å². The number of hydrogen-bond donors (Lipinski definition) is 3. The van der Waals surface area contributed by atoms with E-state index in [2.05, 4.69) is 5.32 Å². The molecule has 4 N–H and O–H groups in total. The highest BCUT2D eigenvalue weighted by atomic mass is 16.2. The molecule has 2 atom stereocenters. The highest BCUT2D eigenvalue weighted by Crippen LogP contribution is 2.10. The molecular weight excluding hydrogens is 216 g/mol. The summed E-state index contributed by atoms with van der Waals surface area (Å²) in [6.07, 6.45) is 1.44. The fourth-order valence-electron chi connectivity index (χ4n) is 1.61. The lowest BCUT2D eigenvalue weighted by Gasteiger charge is -2.17. The maximum atomic E-state index is 11.8. The van der Waals surface area contributed by atoms with Crippen LogP contribution in [0.25, 0.3) is 0 Å². The van der Waals surface area contributed by atoms with Crippen molar-refractivity contribution < 1.29 is 9.90 Å². The van der Waals surface area contributed by atoms with Crippen LogP contribution in [0.5, 0.6) is 0 Å². The second kappa shape index (κ2) is 7.04. The molecule has 4 heteroatoms. The summed E-state index contributed by atoms with van der Waals surface area (Å²) in [6.45, 7) is 2.05. The topological polar surface area (TPSA) is 75.3 Å². The highest BCUT2D eigenvalue weighted by molar-refractivity contribution is 5.83. The van der Waals surface area contributed by atoms with Crippen molar-refractivity contribution in [1.29, 1.82) is 0 Å². The number of rotatable bonds is 6. The Morgan fingerprint density at radius 3 is 2.65 bits per heavy atom. The first kappa shape index (κ1) is 13.7. The molecule has 1 aromatic rings. The summed E-state index contributed by atoms with van der Waals surface area (Å²) in [6, 6.07) is 8.68. The van der Waals surface area contributed by atoms with E-state index < -0.39 is 6.04 Å². The Morgan fingerprint density at radius 2 is 2.06 bits per heavy atom. The Kier molecular flexibility index (Phi) is 5.66. The van der Waals surface area contributed by atoms with Crippen molar-refractivity contribution in [2.45, 2.75) is 31.8 Å². The van der Waals surface area contributed by atoms with Crippen molar-refractivity contribution >= 4 is 5.91 Å². The maximum absolute atomic E-state index is 11.8. The van der Waals surface area contributed by atoms with Gasteiger partial charge in [0, 0.05) is 12.6 Å². The zero-order valence-corrected chi connectivity index (χ0v) is 10.1. The summed E-state index contributed by atoms with van der Waals surface area (Å²) in [5, 5.41) is 11.5. The predicted octanol–water partition coefficient (Wildman–Crippen LogP) is 0.964. The van der Waals surface area contributed by atoms with Crippen LogP contribution in [0.2, 0.25) is 0 Å². The van der Waals surface area contributed by atoms with Gasteiger partial charge in [-0.2, -0.15) is 0 Å². The molecule has 1 amide bonds. The van der Waals surface area contributed by atoms with Crippen LogP contribution in [0.15, 0.2) is 30.3 Å². The van der Waals surface area contributed by atoms with Gasteiger partial charge >= 0.3 is 0 Å². The monoisotopic (exact) mass is 236 g/mol. The number of nitrogens with one attached hydrogen (secondary N) is 1. The molecule has 0 aliphatic carbocycles. The molecule has 0 radical (unpaired) electrons. The van der Waals surface area contributed by atoms with E-state index in [9.17, 15) is 4.79 Å². The van der Waals surface area contributed by atoms with Gasteiger partial charge in [-0.1, -0.05) is 30.3 Å². The van der Waals surface area contributed by atoms with Crippen molar-refractivity contribution in [2.75, 3.05) is 6.61 Å². The number of carbonyl (C=O) groups excluding carboxylic acids is 1. The summed E-state index contributed by atoms with van der Waals surface area (Å²) < 4.78 is 0. The van der Waals surface area contributed by atoms with E-state index in [0.717, 1.165) is 12.0 Å². The van der Waals surface area contributed by atoms with Crippen LogP contribution < -0.4 is 11.1 Å². The van der Waals surface area contributed by atoms with Crippen LogP contribution in [-0.2, 0) is 4.79 Å². The van der Waals surface area contributed by atoms with Crippen molar-refractivity contribution in [2.24, 2.45) is 5.73 Å². The van der Waals surface area contributed by atoms with E-state index in [1.165, 1.54) is 0 Å². The van der Waals surface area contributed by atoms with Gasteiger partial charge < -0.3 is 16.2 Å². The Labute approximate surface area is 102 Å². The molecule has 1 aromatic carbocycles. The molecule has 0 saturated heterocycles. The zero-order valence-electron chi connectivity index (χ0n) is 10.1. The molecule has 0 aromatic heterocycles. The fourth-order valence-corrected chi connectivity index (χ4v) is 1.61. The van der Waals surface area contributed by atoms with Crippen molar-refractivity contribution in [3.63, 3.8) is 0 Å².